The maximum Gasteiger partial charge on any atom is 0.0223 e. The summed E-state index contributed by atoms with van der Waals surface area (Å²) in [4.78, 5) is 0. The van der Waals surface area contributed by atoms with Crippen LogP contribution in [0, 0.1) is 6.92 Å². The third-order valence-electron chi connectivity index (χ3n) is 2.69. The summed E-state index contributed by atoms with van der Waals surface area (Å²) in [7, 11) is 0. The molecule has 0 unspecified atom stereocenters. The average Bonchev–Trinajstić information content (AvgIpc) is 2.30. The van der Waals surface area contributed by atoms with Gasteiger partial charge in [-0.3, -0.25) is 0 Å². The first kappa shape index (κ1) is 13.9. The molecule has 1 rings (SSSR count). The van der Waals surface area contributed by atoms with Gasteiger partial charge >= 0.3 is 0 Å². The predicted octanol–water partition coefficient (Wildman–Crippen LogP) is 5.03. The SMILES string of the molecule is Cc1ccccc1CSCCCCCCCl. The molecule has 2 heteroatoms. The van der Waals surface area contributed by atoms with Crippen LogP contribution in [0.25, 0.3) is 0 Å². The van der Waals surface area contributed by atoms with Crippen molar-refractivity contribution in [3.63, 3.8) is 0 Å². The molecular formula is C14H21ClS. The van der Waals surface area contributed by atoms with Gasteiger partial charge in [-0.2, -0.15) is 11.8 Å². The van der Waals surface area contributed by atoms with Crippen LogP contribution < -0.4 is 0 Å². The van der Waals surface area contributed by atoms with Crippen molar-refractivity contribution in [3.8, 4) is 0 Å². The van der Waals surface area contributed by atoms with E-state index in [0.29, 0.717) is 0 Å². The second-order valence-electron chi connectivity index (χ2n) is 4.08. The number of benzene rings is 1. The van der Waals surface area contributed by atoms with Crippen LogP contribution in [0.15, 0.2) is 24.3 Å². The molecule has 0 radical (unpaired) electrons. The van der Waals surface area contributed by atoms with E-state index < -0.39 is 0 Å². The van der Waals surface area contributed by atoms with Crippen molar-refractivity contribution >= 4 is 23.4 Å². The van der Waals surface area contributed by atoms with Gasteiger partial charge in [-0.05, 0) is 36.6 Å². The van der Waals surface area contributed by atoms with Crippen LogP contribution in [0.2, 0.25) is 0 Å². The van der Waals surface area contributed by atoms with E-state index in [2.05, 4.69) is 31.2 Å². The first-order valence-corrected chi connectivity index (χ1v) is 7.71. The van der Waals surface area contributed by atoms with Gasteiger partial charge in [-0.1, -0.05) is 37.1 Å². The highest BCUT2D eigenvalue weighted by Gasteiger charge is 1.97. The smallest absolute Gasteiger partial charge is 0.0223 e. The third-order valence-corrected chi connectivity index (χ3v) is 4.05. The maximum atomic E-state index is 5.63. The minimum Gasteiger partial charge on any atom is -0.157 e. The molecular weight excluding hydrogens is 236 g/mol. The topological polar surface area (TPSA) is 0 Å². The molecule has 0 heterocycles. The standard InChI is InChI=1S/C14H21ClS/c1-13-8-4-5-9-14(13)12-16-11-7-3-2-6-10-15/h4-5,8-9H,2-3,6-7,10-12H2,1H3. The quantitative estimate of drug-likeness (QED) is 0.465. The van der Waals surface area contributed by atoms with E-state index in [4.69, 9.17) is 11.6 Å². The van der Waals surface area contributed by atoms with Gasteiger partial charge in [0.25, 0.3) is 0 Å². The minimum absolute atomic E-state index is 0.816. The highest BCUT2D eigenvalue weighted by Crippen LogP contribution is 2.17. The van der Waals surface area contributed by atoms with Crippen LogP contribution in [0.1, 0.15) is 36.8 Å². The lowest BCUT2D eigenvalue weighted by atomic mass is 10.1. The molecule has 0 atom stereocenters. The normalized spacial score (nSPS) is 10.6. The first-order valence-electron chi connectivity index (χ1n) is 6.03. The summed E-state index contributed by atoms with van der Waals surface area (Å²) in [5.74, 6) is 3.25. The number of aryl methyl sites for hydroxylation is 1. The van der Waals surface area contributed by atoms with Gasteiger partial charge in [0.15, 0.2) is 0 Å². The molecule has 1 aromatic rings. The predicted molar refractivity (Wildman–Crippen MR) is 76.5 cm³/mol. The van der Waals surface area contributed by atoms with Crippen LogP contribution in [0.3, 0.4) is 0 Å². The second-order valence-corrected chi connectivity index (χ2v) is 5.57. The van der Waals surface area contributed by atoms with E-state index in [0.717, 1.165) is 11.6 Å². The molecule has 0 bridgehead atoms. The first-order chi connectivity index (χ1) is 7.84. The van der Waals surface area contributed by atoms with Crippen molar-refractivity contribution in [2.24, 2.45) is 0 Å². The van der Waals surface area contributed by atoms with Gasteiger partial charge in [0, 0.05) is 11.6 Å². The Hall–Kier alpha value is -0.140. The highest BCUT2D eigenvalue weighted by atomic mass is 35.5. The molecule has 0 fully saturated rings. The monoisotopic (exact) mass is 256 g/mol. The lowest BCUT2D eigenvalue weighted by Gasteiger charge is -2.05. The Morgan fingerprint density at radius 2 is 1.81 bits per heavy atom. The van der Waals surface area contributed by atoms with Gasteiger partial charge in [0.2, 0.25) is 0 Å². The summed E-state index contributed by atoms with van der Waals surface area (Å²) >= 11 is 7.68. The summed E-state index contributed by atoms with van der Waals surface area (Å²) in [5, 5.41) is 0. The Morgan fingerprint density at radius 3 is 2.56 bits per heavy atom. The number of rotatable bonds is 8. The number of halogens is 1. The molecule has 0 nitrogen and oxygen atoms in total. The summed E-state index contributed by atoms with van der Waals surface area (Å²) in [5.41, 5.74) is 2.89. The zero-order valence-electron chi connectivity index (χ0n) is 10.0. The van der Waals surface area contributed by atoms with Gasteiger partial charge in [-0.15, -0.1) is 11.6 Å². The van der Waals surface area contributed by atoms with E-state index in [1.54, 1.807) is 0 Å². The molecule has 90 valence electrons. The zero-order valence-corrected chi connectivity index (χ0v) is 11.6. The number of thioether (sulfide) groups is 1. The molecule has 0 aromatic heterocycles. The van der Waals surface area contributed by atoms with Gasteiger partial charge in [0.05, 0.1) is 0 Å². The highest BCUT2D eigenvalue weighted by molar-refractivity contribution is 7.98. The molecule has 0 amide bonds. The summed E-state index contributed by atoms with van der Waals surface area (Å²) in [6.07, 6.45) is 5.11. The molecule has 0 spiro atoms. The van der Waals surface area contributed by atoms with Gasteiger partial charge < -0.3 is 0 Å². The Bertz CT molecular complexity index is 286. The lowest BCUT2D eigenvalue weighted by molar-refractivity contribution is 0.709. The van der Waals surface area contributed by atoms with Crippen LogP contribution in [-0.4, -0.2) is 11.6 Å². The van der Waals surface area contributed by atoms with Crippen LogP contribution in [0.5, 0.6) is 0 Å². The Morgan fingerprint density at radius 1 is 1.06 bits per heavy atom. The minimum atomic E-state index is 0.816. The second kappa shape index (κ2) is 8.95. The average molecular weight is 257 g/mol. The molecule has 16 heavy (non-hydrogen) atoms. The van der Waals surface area contributed by atoms with Crippen molar-refractivity contribution in [1.29, 1.82) is 0 Å². The fraction of sp³-hybridized carbons (Fsp3) is 0.571. The molecule has 0 aliphatic heterocycles. The summed E-state index contributed by atoms with van der Waals surface area (Å²) in [6.45, 7) is 2.19. The third kappa shape index (κ3) is 5.81. The molecule has 0 saturated heterocycles. The van der Waals surface area contributed by atoms with Crippen LogP contribution in [-0.2, 0) is 5.75 Å². The molecule has 0 aliphatic carbocycles. The van der Waals surface area contributed by atoms with Crippen LogP contribution in [0.4, 0.5) is 0 Å². The van der Waals surface area contributed by atoms with E-state index in [1.165, 1.54) is 42.6 Å². The zero-order chi connectivity index (χ0) is 11.6. The fourth-order valence-corrected chi connectivity index (χ4v) is 2.89. The molecule has 1 aromatic carbocycles. The number of unbranched alkanes of at least 4 members (excludes halogenated alkanes) is 3. The number of alkyl halides is 1. The Kier molecular flexibility index (Phi) is 7.79. The Labute approximate surface area is 109 Å². The van der Waals surface area contributed by atoms with E-state index in [9.17, 15) is 0 Å². The van der Waals surface area contributed by atoms with E-state index >= 15 is 0 Å². The van der Waals surface area contributed by atoms with Crippen molar-refractivity contribution in [3.05, 3.63) is 35.4 Å². The van der Waals surface area contributed by atoms with Crippen molar-refractivity contribution in [2.75, 3.05) is 11.6 Å². The number of hydrogen-bond acceptors (Lipinski definition) is 1. The van der Waals surface area contributed by atoms with E-state index in [1.807, 2.05) is 11.8 Å². The number of hydrogen-bond donors (Lipinski definition) is 0. The van der Waals surface area contributed by atoms with Crippen molar-refractivity contribution in [2.45, 2.75) is 38.4 Å². The summed E-state index contributed by atoms with van der Waals surface area (Å²) in [6, 6.07) is 8.66. The molecule has 0 N–H and O–H groups in total. The van der Waals surface area contributed by atoms with Crippen molar-refractivity contribution < 1.29 is 0 Å². The van der Waals surface area contributed by atoms with Gasteiger partial charge in [0.1, 0.15) is 0 Å². The fourth-order valence-electron chi connectivity index (χ4n) is 1.61. The van der Waals surface area contributed by atoms with Crippen molar-refractivity contribution in [1.82, 2.24) is 0 Å². The largest absolute Gasteiger partial charge is 0.157 e. The molecule has 0 saturated carbocycles. The Balaban J connectivity index is 2.05. The van der Waals surface area contributed by atoms with E-state index in [-0.39, 0.29) is 0 Å². The maximum absolute atomic E-state index is 5.63. The summed E-state index contributed by atoms with van der Waals surface area (Å²) < 4.78 is 0. The molecule has 0 aliphatic rings. The van der Waals surface area contributed by atoms with Crippen LogP contribution >= 0.6 is 23.4 Å². The lowest BCUT2D eigenvalue weighted by Crippen LogP contribution is -1.88. The van der Waals surface area contributed by atoms with Gasteiger partial charge in [-0.25, -0.2) is 0 Å².